The average Bonchev–Trinajstić information content (AvgIpc) is 2.54. The molecule has 1 amide bonds. The predicted molar refractivity (Wildman–Crippen MR) is 91.7 cm³/mol. The first kappa shape index (κ1) is 18.2. The van der Waals surface area contributed by atoms with Crippen LogP contribution >= 0.6 is 0 Å². The van der Waals surface area contributed by atoms with E-state index in [-0.39, 0.29) is 26.8 Å². The fraction of sp³-hybridized carbons (Fsp3) is 0.188. The zero-order valence-corrected chi connectivity index (χ0v) is 14.8. The first-order chi connectivity index (χ1) is 11.1. The van der Waals surface area contributed by atoms with Crippen LogP contribution < -0.4 is 5.32 Å². The van der Waals surface area contributed by atoms with E-state index in [2.05, 4.69) is 5.32 Å². The highest BCUT2D eigenvalue weighted by molar-refractivity contribution is 7.91. The SMILES string of the molecule is CCS(=O)(=O)c1ccccc1NC(=O)c1cccc(S(C)(=O)=O)c1. The van der Waals surface area contributed by atoms with Crippen LogP contribution in [0, 0.1) is 0 Å². The summed E-state index contributed by atoms with van der Waals surface area (Å²) in [5.41, 5.74) is 0.288. The third-order valence-electron chi connectivity index (χ3n) is 3.37. The van der Waals surface area contributed by atoms with Crippen LogP contribution in [-0.2, 0) is 19.7 Å². The molecule has 0 aromatic heterocycles. The van der Waals surface area contributed by atoms with Gasteiger partial charge in [-0.1, -0.05) is 25.1 Å². The van der Waals surface area contributed by atoms with Gasteiger partial charge in [0.25, 0.3) is 5.91 Å². The van der Waals surface area contributed by atoms with Gasteiger partial charge in [-0.3, -0.25) is 4.79 Å². The van der Waals surface area contributed by atoms with Crippen LogP contribution in [0.3, 0.4) is 0 Å². The minimum Gasteiger partial charge on any atom is -0.321 e. The molecule has 128 valence electrons. The van der Waals surface area contributed by atoms with Crippen LogP contribution in [0.15, 0.2) is 58.3 Å². The van der Waals surface area contributed by atoms with Gasteiger partial charge < -0.3 is 5.32 Å². The van der Waals surface area contributed by atoms with Crippen molar-refractivity contribution in [3.8, 4) is 0 Å². The summed E-state index contributed by atoms with van der Waals surface area (Å²) in [6, 6.07) is 11.6. The number of nitrogens with one attached hydrogen (secondary N) is 1. The standard InChI is InChI=1S/C16H17NO5S2/c1-3-24(21,22)15-10-5-4-9-14(15)17-16(18)12-7-6-8-13(11-12)23(2,19)20/h4-11H,3H2,1-2H3,(H,17,18). The molecule has 2 aromatic rings. The van der Waals surface area contributed by atoms with Crippen molar-refractivity contribution in [3.05, 3.63) is 54.1 Å². The van der Waals surface area contributed by atoms with Crippen LogP contribution in [0.25, 0.3) is 0 Å². The molecule has 0 spiro atoms. The van der Waals surface area contributed by atoms with E-state index in [1.54, 1.807) is 12.1 Å². The van der Waals surface area contributed by atoms with Gasteiger partial charge in [-0.2, -0.15) is 0 Å². The Hall–Kier alpha value is -2.19. The number of benzene rings is 2. The predicted octanol–water partition coefficient (Wildman–Crippen LogP) is 2.14. The van der Waals surface area contributed by atoms with Gasteiger partial charge in [-0.25, -0.2) is 16.8 Å². The van der Waals surface area contributed by atoms with Crippen LogP contribution in [0.5, 0.6) is 0 Å². The lowest BCUT2D eigenvalue weighted by Gasteiger charge is -2.11. The van der Waals surface area contributed by atoms with Crippen LogP contribution in [0.2, 0.25) is 0 Å². The number of para-hydroxylation sites is 1. The second kappa shape index (κ2) is 6.74. The largest absolute Gasteiger partial charge is 0.321 e. The fourth-order valence-electron chi connectivity index (χ4n) is 2.06. The van der Waals surface area contributed by atoms with E-state index in [9.17, 15) is 21.6 Å². The van der Waals surface area contributed by atoms with Crippen molar-refractivity contribution in [1.82, 2.24) is 0 Å². The summed E-state index contributed by atoms with van der Waals surface area (Å²) < 4.78 is 47.3. The number of carbonyl (C=O) groups is 1. The third-order valence-corrected chi connectivity index (χ3v) is 6.27. The fourth-order valence-corrected chi connectivity index (χ4v) is 3.78. The summed E-state index contributed by atoms with van der Waals surface area (Å²) in [6.07, 6.45) is 1.05. The molecule has 2 aromatic carbocycles. The maximum atomic E-state index is 12.4. The van der Waals surface area contributed by atoms with Crippen molar-refractivity contribution in [2.75, 3.05) is 17.3 Å². The molecular formula is C16H17NO5S2. The van der Waals surface area contributed by atoms with E-state index in [0.717, 1.165) is 6.26 Å². The minimum absolute atomic E-state index is 0.0182. The van der Waals surface area contributed by atoms with Crippen LogP contribution in [-0.4, -0.2) is 34.8 Å². The van der Waals surface area contributed by atoms with Crippen molar-refractivity contribution in [1.29, 1.82) is 0 Å². The second-order valence-electron chi connectivity index (χ2n) is 5.15. The molecule has 6 nitrogen and oxygen atoms in total. The van der Waals surface area contributed by atoms with Crippen molar-refractivity contribution in [2.24, 2.45) is 0 Å². The molecular weight excluding hydrogens is 350 g/mol. The zero-order chi connectivity index (χ0) is 18.0. The van der Waals surface area contributed by atoms with Gasteiger partial charge in [0.2, 0.25) is 0 Å². The Morgan fingerprint density at radius 3 is 2.29 bits per heavy atom. The molecule has 1 N–H and O–H groups in total. The summed E-state index contributed by atoms with van der Waals surface area (Å²) in [7, 11) is -6.94. The Bertz CT molecular complexity index is 979. The van der Waals surface area contributed by atoms with E-state index < -0.39 is 25.6 Å². The van der Waals surface area contributed by atoms with Crippen molar-refractivity contribution in [3.63, 3.8) is 0 Å². The molecule has 0 aliphatic heterocycles. The maximum absolute atomic E-state index is 12.4. The Morgan fingerprint density at radius 1 is 1.00 bits per heavy atom. The van der Waals surface area contributed by atoms with Gasteiger partial charge in [-0.15, -0.1) is 0 Å². The highest BCUT2D eigenvalue weighted by Crippen LogP contribution is 2.23. The van der Waals surface area contributed by atoms with Crippen molar-refractivity contribution >= 4 is 31.3 Å². The van der Waals surface area contributed by atoms with Gasteiger partial charge in [0.15, 0.2) is 19.7 Å². The Kier molecular flexibility index (Phi) is 5.10. The number of sulfone groups is 2. The monoisotopic (exact) mass is 367 g/mol. The lowest BCUT2D eigenvalue weighted by molar-refractivity contribution is 0.102. The van der Waals surface area contributed by atoms with E-state index >= 15 is 0 Å². The molecule has 24 heavy (non-hydrogen) atoms. The Balaban J connectivity index is 2.39. The van der Waals surface area contributed by atoms with Gasteiger partial charge in [0.05, 0.1) is 21.2 Å². The van der Waals surface area contributed by atoms with Gasteiger partial charge in [0, 0.05) is 11.8 Å². The van der Waals surface area contributed by atoms with Crippen LogP contribution in [0.4, 0.5) is 5.69 Å². The normalized spacial score (nSPS) is 11.9. The topological polar surface area (TPSA) is 97.4 Å². The number of carbonyl (C=O) groups excluding carboxylic acids is 1. The molecule has 0 heterocycles. The summed E-state index contributed by atoms with van der Waals surface area (Å²) in [5, 5.41) is 2.53. The quantitative estimate of drug-likeness (QED) is 0.873. The molecule has 0 saturated heterocycles. The Labute approximate surface area is 141 Å². The first-order valence-electron chi connectivity index (χ1n) is 7.08. The maximum Gasteiger partial charge on any atom is 0.255 e. The lowest BCUT2D eigenvalue weighted by atomic mass is 10.2. The molecule has 0 aliphatic rings. The summed E-state index contributed by atoms with van der Waals surface area (Å²) in [6.45, 7) is 1.52. The summed E-state index contributed by atoms with van der Waals surface area (Å²) in [4.78, 5) is 12.4. The third kappa shape index (κ3) is 4.01. The van der Waals surface area contributed by atoms with Gasteiger partial charge >= 0.3 is 0 Å². The van der Waals surface area contributed by atoms with Crippen molar-refractivity contribution in [2.45, 2.75) is 16.7 Å². The van der Waals surface area contributed by atoms with Crippen LogP contribution in [0.1, 0.15) is 17.3 Å². The second-order valence-corrected chi connectivity index (χ2v) is 9.42. The number of hydrogen-bond acceptors (Lipinski definition) is 5. The zero-order valence-electron chi connectivity index (χ0n) is 13.2. The van der Waals surface area contributed by atoms with E-state index in [0.29, 0.717) is 0 Å². The van der Waals surface area contributed by atoms with Gasteiger partial charge in [0.1, 0.15) is 0 Å². The minimum atomic E-state index is -3.50. The van der Waals surface area contributed by atoms with E-state index in [4.69, 9.17) is 0 Å². The molecule has 0 fully saturated rings. The van der Waals surface area contributed by atoms with Gasteiger partial charge in [-0.05, 0) is 30.3 Å². The number of amides is 1. The molecule has 0 aliphatic carbocycles. The summed E-state index contributed by atoms with van der Waals surface area (Å²) >= 11 is 0. The first-order valence-corrected chi connectivity index (χ1v) is 10.6. The smallest absolute Gasteiger partial charge is 0.255 e. The van der Waals surface area contributed by atoms with Crippen molar-refractivity contribution < 1.29 is 21.6 Å². The number of hydrogen-bond donors (Lipinski definition) is 1. The molecule has 2 rings (SSSR count). The molecule has 8 heteroatoms. The Morgan fingerprint density at radius 2 is 1.67 bits per heavy atom. The number of rotatable bonds is 5. The lowest BCUT2D eigenvalue weighted by Crippen LogP contribution is -2.16. The number of anilines is 1. The molecule has 0 radical (unpaired) electrons. The molecule has 0 unspecified atom stereocenters. The molecule has 0 saturated carbocycles. The van der Waals surface area contributed by atoms with E-state index in [1.807, 2.05) is 0 Å². The van der Waals surface area contributed by atoms with E-state index in [1.165, 1.54) is 43.3 Å². The summed E-state index contributed by atoms with van der Waals surface area (Å²) in [5.74, 6) is -0.678. The molecule has 0 atom stereocenters. The molecule has 0 bridgehead atoms. The highest BCUT2D eigenvalue weighted by Gasteiger charge is 2.18. The highest BCUT2D eigenvalue weighted by atomic mass is 32.2. The average molecular weight is 367 g/mol.